The molecular weight excluding hydrogens is 379 g/mol. The van der Waals surface area contributed by atoms with Crippen molar-refractivity contribution >= 4 is 5.91 Å². The lowest BCUT2D eigenvalue weighted by atomic mass is 9.90. The summed E-state index contributed by atoms with van der Waals surface area (Å²) >= 11 is 0. The first kappa shape index (κ1) is 22.5. The molecule has 0 spiro atoms. The van der Waals surface area contributed by atoms with Gasteiger partial charge in [0.2, 0.25) is 11.9 Å². The fourth-order valence-corrected chi connectivity index (χ4v) is 4.64. The quantitative estimate of drug-likeness (QED) is 0.691. The Morgan fingerprint density at radius 1 is 1.30 bits per heavy atom. The summed E-state index contributed by atoms with van der Waals surface area (Å²) in [6.45, 7) is 14.1. The molecule has 0 fully saturated rings. The van der Waals surface area contributed by atoms with E-state index in [0.29, 0.717) is 13.0 Å². The van der Waals surface area contributed by atoms with Crippen LogP contribution in [0, 0.1) is 11.4 Å². The SMILES string of the molecule is CC1=CC(C)(N2CCc3nc(F)ccc3C2)N(C)C(C)=C1N(C)C(=O)CC(C)(C)C. The van der Waals surface area contributed by atoms with E-state index in [-0.39, 0.29) is 17.0 Å². The molecule has 5 nitrogen and oxygen atoms in total. The first-order valence-electron chi connectivity index (χ1n) is 10.6. The molecule has 3 heterocycles. The minimum Gasteiger partial charge on any atom is -0.355 e. The van der Waals surface area contributed by atoms with Crippen molar-refractivity contribution < 1.29 is 9.18 Å². The third-order valence-corrected chi connectivity index (χ3v) is 6.43. The molecule has 1 atom stereocenters. The second-order valence-electron chi connectivity index (χ2n) is 10.0. The highest BCUT2D eigenvalue weighted by Gasteiger charge is 2.41. The van der Waals surface area contributed by atoms with Gasteiger partial charge in [0.15, 0.2) is 0 Å². The van der Waals surface area contributed by atoms with Crippen LogP contribution in [0.2, 0.25) is 0 Å². The van der Waals surface area contributed by atoms with Crippen LogP contribution < -0.4 is 0 Å². The minimum absolute atomic E-state index is 0.0544. The predicted octanol–water partition coefficient (Wildman–Crippen LogP) is 4.31. The molecule has 3 rings (SSSR count). The third-order valence-electron chi connectivity index (χ3n) is 6.43. The van der Waals surface area contributed by atoms with Crippen molar-refractivity contribution in [2.75, 3.05) is 20.6 Å². The van der Waals surface area contributed by atoms with Gasteiger partial charge in [-0.3, -0.25) is 9.69 Å². The van der Waals surface area contributed by atoms with Crippen LogP contribution in [0.25, 0.3) is 0 Å². The van der Waals surface area contributed by atoms with Crippen LogP contribution in [-0.4, -0.2) is 51.9 Å². The Hall–Kier alpha value is -2.21. The predicted molar refractivity (Wildman–Crippen MR) is 118 cm³/mol. The summed E-state index contributed by atoms with van der Waals surface area (Å²) in [6.07, 6.45) is 3.47. The second-order valence-corrected chi connectivity index (χ2v) is 10.0. The molecule has 1 unspecified atom stereocenters. The number of pyridine rings is 1. The van der Waals surface area contributed by atoms with Crippen molar-refractivity contribution in [1.82, 2.24) is 19.7 Å². The van der Waals surface area contributed by atoms with Gasteiger partial charge in [-0.15, -0.1) is 0 Å². The van der Waals surface area contributed by atoms with Gasteiger partial charge in [-0.05, 0) is 49.5 Å². The van der Waals surface area contributed by atoms with Crippen molar-refractivity contribution in [1.29, 1.82) is 0 Å². The lowest BCUT2D eigenvalue weighted by Gasteiger charge is -2.51. The Bertz CT molecular complexity index is 914. The topological polar surface area (TPSA) is 39.7 Å². The van der Waals surface area contributed by atoms with Crippen LogP contribution in [0.1, 0.15) is 59.2 Å². The Labute approximate surface area is 180 Å². The van der Waals surface area contributed by atoms with Crippen molar-refractivity contribution in [3.8, 4) is 0 Å². The molecular formula is C24H35FN4O. The fraction of sp³-hybridized carbons (Fsp3) is 0.583. The number of hydrogen-bond acceptors (Lipinski definition) is 4. The summed E-state index contributed by atoms with van der Waals surface area (Å²) in [5.74, 6) is -0.285. The number of rotatable bonds is 3. The maximum atomic E-state index is 13.5. The highest BCUT2D eigenvalue weighted by Crippen LogP contribution is 2.38. The normalized spacial score (nSPS) is 22.7. The van der Waals surface area contributed by atoms with Crippen molar-refractivity contribution in [3.05, 3.63) is 52.4 Å². The van der Waals surface area contributed by atoms with Crippen LogP contribution in [0.5, 0.6) is 0 Å². The van der Waals surface area contributed by atoms with Gasteiger partial charge in [0.1, 0.15) is 5.66 Å². The van der Waals surface area contributed by atoms with Gasteiger partial charge in [-0.25, -0.2) is 4.98 Å². The lowest BCUT2D eigenvalue weighted by Crippen LogP contribution is -2.58. The zero-order valence-electron chi connectivity index (χ0n) is 19.6. The van der Waals surface area contributed by atoms with Gasteiger partial charge >= 0.3 is 0 Å². The molecule has 1 aromatic rings. The monoisotopic (exact) mass is 414 g/mol. The van der Waals surface area contributed by atoms with E-state index in [1.54, 1.807) is 4.90 Å². The van der Waals surface area contributed by atoms with Gasteiger partial charge < -0.3 is 9.80 Å². The Morgan fingerprint density at radius 3 is 2.60 bits per heavy atom. The highest BCUT2D eigenvalue weighted by molar-refractivity contribution is 5.79. The summed E-state index contributed by atoms with van der Waals surface area (Å²) in [6, 6.07) is 3.29. The first-order chi connectivity index (χ1) is 13.8. The molecule has 2 aliphatic rings. The molecule has 0 saturated heterocycles. The molecule has 6 heteroatoms. The zero-order valence-corrected chi connectivity index (χ0v) is 19.6. The highest BCUT2D eigenvalue weighted by atomic mass is 19.1. The van der Waals surface area contributed by atoms with E-state index >= 15 is 0 Å². The van der Waals surface area contributed by atoms with Crippen LogP contribution in [0.4, 0.5) is 4.39 Å². The van der Waals surface area contributed by atoms with Gasteiger partial charge in [0.05, 0.1) is 5.70 Å². The number of aromatic nitrogens is 1. The molecule has 2 aliphatic heterocycles. The molecule has 0 N–H and O–H groups in total. The Kier molecular flexibility index (Phi) is 5.84. The molecule has 0 aliphatic carbocycles. The molecule has 1 aromatic heterocycles. The minimum atomic E-state index is -0.412. The average Bonchev–Trinajstić information content (AvgIpc) is 2.64. The number of carbonyl (C=O) groups excluding carboxylic acids is 1. The molecule has 30 heavy (non-hydrogen) atoms. The van der Waals surface area contributed by atoms with E-state index in [2.05, 4.69) is 69.4 Å². The lowest BCUT2D eigenvalue weighted by molar-refractivity contribution is -0.130. The first-order valence-corrected chi connectivity index (χ1v) is 10.6. The zero-order chi connectivity index (χ0) is 22.4. The van der Waals surface area contributed by atoms with Gasteiger partial charge in [-0.1, -0.05) is 26.8 Å². The van der Waals surface area contributed by atoms with Crippen LogP contribution in [0.15, 0.2) is 35.2 Å². The molecule has 0 radical (unpaired) electrons. The number of allylic oxidation sites excluding steroid dienone is 2. The third kappa shape index (κ3) is 4.15. The molecule has 164 valence electrons. The number of likely N-dealkylation sites (N-methyl/N-ethyl adjacent to an activating group) is 2. The van der Waals surface area contributed by atoms with E-state index in [9.17, 15) is 9.18 Å². The summed E-state index contributed by atoms with van der Waals surface area (Å²) in [4.78, 5) is 23.4. The molecule has 0 saturated carbocycles. The smallest absolute Gasteiger partial charge is 0.227 e. The standard InChI is InChI=1S/C24H35FN4O/c1-16-13-24(6,29-12-11-19-18(15-29)9-10-20(25)26-19)28(8)17(2)22(16)27(7)21(30)14-23(3,4)5/h9-10,13H,11-12,14-15H2,1-8H3. The summed E-state index contributed by atoms with van der Waals surface area (Å²) in [7, 11) is 3.96. The summed E-state index contributed by atoms with van der Waals surface area (Å²) in [5, 5.41) is 0. The van der Waals surface area contributed by atoms with Crippen molar-refractivity contribution in [2.45, 2.75) is 66.6 Å². The van der Waals surface area contributed by atoms with Crippen molar-refractivity contribution in [2.24, 2.45) is 5.41 Å². The van der Waals surface area contributed by atoms with Crippen LogP contribution in [0.3, 0.4) is 0 Å². The van der Waals surface area contributed by atoms with E-state index in [1.165, 1.54) is 6.07 Å². The summed E-state index contributed by atoms with van der Waals surface area (Å²) in [5.41, 5.74) is 4.69. The number of halogens is 1. The van der Waals surface area contributed by atoms with Gasteiger partial charge in [0, 0.05) is 51.4 Å². The molecule has 0 bridgehead atoms. The van der Waals surface area contributed by atoms with E-state index in [1.807, 2.05) is 13.1 Å². The molecule has 0 aromatic carbocycles. The van der Waals surface area contributed by atoms with Crippen molar-refractivity contribution in [3.63, 3.8) is 0 Å². The van der Waals surface area contributed by atoms with E-state index < -0.39 is 5.95 Å². The number of fused-ring (bicyclic) bond motifs is 1. The van der Waals surface area contributed by atoms with Gasteiger partial charge in [-0.2, -0.15) is 4.39 Å². The number of nitrogens with zero attached hydrogens (tertiary/aromatic N) is 4. The van der Waals surface area contributed by atoms with Gasteiger partial charge in [0.25, 0.3) is 0 Å². The van der Waals surface area contributed by atoms with E-state index in [4.69, 9.17) is 0 Å². The Morgan fingerprint density at radius 2 is 1.97 bits per heavy atom. The molecule has 1 amide bonds. The maximum Gasteiger partial charge on any atom is 0.227 e. The summed E-state index contributed by atoms with van der Waals surface area (Å²) < 4.78 is 13.5. The average molecular weight is 415 g/mol. The fourth-order valence-electron chi connectivity index (χ4n) is 4.64. The Balaban J connectivity index is 1.88. The largest absolute Gasteiger partial charge is 0.355 e. The van der Waals surface area contributed by atoms with E-state index in [0.717, 1.165) is 41.2 Å². The van der Waals surface area contributed by atoms with Crippen LogP contribution in [-0.2, 0) is 17.8 Å². The number of hydrogen-bond donors (Lipinski definition) is 0. The maximum absolute atomic E-state index is 13.5. The number of amides is 1. The van der Waals surface area contributed by atoms with Crippen LogP contribution >= 0.6 is 0 Å². The second kappa shape index (κ2) is 7.80. The number of carbonyl (C=O) groups is 1.